The fourth-order valence-corrected chi connectivity index (χ4v) is 3.72. The number of benzene rings is 1. The Balaban J connectivity index is 1.57. The Morgan fingerprint density at radius 3 is 2.41 bits per heavy atom. The summed E-state index contributed by atoms with van der Waals surface area (Å²) in [7, 11) is -0.500. The van der Waals surface area contributed by atoms with Crippen molar-refractivity contribution in [2.45, 2.75) is 64.3 Å². The van der Waals surface area contributed by atoms with E-state index in [4.69, 9.17) is 9.31 Å². The summed E-state index contributed by atoms with van der Waals surface area (Å²) in [6, 6.07) is 4.92. The van der Waals surface area contributed by atoms with Crippen LogP contribution in [-0.2, 0) is 25.4 Å². The van der Waals surface area contributed by atoms with Gasteiger partial charge in [-0.15, -0.1) is 0 Å². The Labute approximate surface area is 158 Å². The molecule has 3 heterocycles. The van der Waals surface area contributed by atoms with Crippen LogP contribution in [-0.4, -0.2) is 47.0 Å². The van der Waals surface area contributed by atoms with E-state index < -0.39 is 30.3 Å². The maximum Gasteiger partial charge on any atom is 0.494 e. The first-order valence-corrected chi connectivity index (χ1v) is 9.22. The van der Waals surface area contributed by atoms with Gasteiger partial charge in [0.2, 0.25) is 11.8 Å². The van der Waals surface area contributed by atoms with Crippen LogP contribution in [0.3, 0.4) is 0 Å². The second-order valence-corrected chi connectivity index (χ2v) is 8.40. The molecule has 0 aliphatic carbocycles. The summed E-state index contributed by atoms with van der Waals surface area (Å²) in [5.41, 5.74) is 1.40. The number of piperidine rings is 1. The number of hydrogen-bond acceptors (Lipinski definition) is 5. The van der Waals surface area contributed by atoms with Crippen molar-refractivity contribution in [3.8, 4) is 0 Å². The molecule has 3 amide bonds. The van der Waals surface area contributed by atoms with Gasteiger partial charge in [-0.3, -0.25) is 19.7 Å². The number of carbonyl (C=O) groups is 3. The van der Waals surface area contributed by atoms with Crippen LogP contribution in [0.1, 0.15) is 56.5 Å². The summed E-state index contributed by atoms with van der Waals surface area (Å²) in [5, 5.41) is 2.32. The normalized spacial score (nSPS) is 26.4. The lowest BCUT2D eigenvalue weighted by molar-refractivity contribution is -0.136. The molecule has 7 nitrogen and oxygen atoms in total. The molecule has 3 aliphatic heterocycles. The van der Waals surface area contributed by atoms with E-state index in [9.17, 15) is 14.4 Å². The first-order valence-electron chi connectivity index (χ1n) is 9.22. The average Bonchev–Trinajstić information content (AvgIpc) is 3.00. The maximum atomic E-state index is 12.8. The number of carbonyl (C=O) groups excluding carboxylic acids is 3. The maximum absolute atomic E-state index is 12.8. The number of fused-ring (bicyclic) bond motifs is 1. The van der Waals surface area contributed by atoms with Gasteiger partial charge >= 0.3 is 7.12 Å². The Hall–Kier alpha value is -2.19. The highest BCUT2D eigenvalue weighted by Crippen LogP contribution is 2.37. The molecule has 0 bridgehead atoms. The third-order valence-corrected chi connectivity index (χ3v) is 6.07. The number of hydrogen-bond donors (Lipinski definition) is 1. The highest BCUT2D eigenvalue weighted by molar-refractivity contribution is 6.62. The van der Waals surface area contributed by atoms with Crippen molar-refractivity contribution >= 4 is 30.3 Å². The number of nitrogens with zero attached hydrogens (tertiary/aromatic N) is 1. The fraction of sp³-hybridized carbons (Fsp3) is 0.526. The molecule has 1 unspecified atom stereocenters. The summed E-state index contributed by atoms with van der Waals surface area (Å²) in [5.74, 6) is -0.873. The lowest BCUT2D eigenvalue weighted by Gasteiger charge is -2.32. The van der Waals surface area contributed by atoms with Crippen molar-refractivity contribution in [2.75, 3.05) is 0 Å². The number of amides is 3. The van der Waals surface area contributed by atoms with E-state index >= 15 is 0 Å². The van der Waals surface area contributed by atoms with E-state index in [1.54, 1.807) is 11.0 Å². The smallest absolute Gasteiger partial charge is 0.399 e. The molecule has 2 fully saturated rings. The fourth-order valence-electron chi connectivity index (χ4n) is 3.72. The summed E-state index contributed by atoms with van der Waals surface area (Å²) < 4.78 is 12.2. The first-order chi connectivity index (χ1) is 12.6. The van der Waals surface area contributed by atoms with Crippen molar-refractivity contribution in [1.82, 2.24) is 10.2 Å². The van der Waals surface area contributed by atoms with Gasteiger partial charge in [-0.25, -0.2) is 0 Å². The zero-order valence-corrected chi connectivity index (χ0v) is 16.0. The minimum atomic E-state index is -0.608. The molecule has 1 aromatic rings. The van der Waals surface area contributed by atoms with Gasteiger partial charge in [0.15, 0.2) is 0 Å². The van der Waals surface area contributed by atoms with E-state index in [2.05, 4.69) is 5.32 Å². The van der Waals surface area contributed by atoms with Crippen LogP contribution < -0.4 is 10.8 Å². The summed E-state index contributed by atoms with van der Waals surface area (Å²) >= 11 is 0. The van der Waals surface area contributed by atoms with Gasteiger partial charge in [0.25, 0.3) is 5.91 Å². The van der Waals surface area contributed by atoms with Crippen molar-refractivity contribution in [1.29, 1.82) is 0 Å². The van der Waals surface area contributed by atoms with Crippen LogP contribution in [0, 0.1) is 0 Å². The quantitative estimate of drug-likeness (QED) is 0.614. The van der Waals surface area contributed by atoms with E-state index in [1.807, 2.05) is 39.8 Å². The molecule has 1 N–H and O–H groups in total. The molecule has 1 atom stereocenters. The Kier molecular flexibility index (Phi) is 3.98. The second kappa shape index (κ2) is 5.91. The largest absolute Gasteiger partial charge is 0.494 e. The zero-order valence-electron chi connectivity index (χ0n) is 16.0. The molecule has 0 radical (unpaired) electrons. The minimum Gasteiger partial charge on any atom is -0.399 e. The van der Waals surface area contributed by atoms with Gasteiger partial charge in [0.05, 0.1) is 11.2 Å². The first kappa shape index (κ1) is 18.2. The minimum absolute atomic E-state index is 0.181. The second-order valence-electron chi connectivity index (χ2n) is 8.40. The SMILES string of the molecule is CC1(C)OB(c2ccc3c(c2)CN(C2CCC(=O)NC2=O)C3=O)OC1(C)C. The van der Waals surface area contributed by atoms with Crippen LogP contribution in [0.4, 0.5) is 0 Å². The Morgan fingerprint density at radius 1 is 1.11 bits per heavy atom. The lowest BCUT2D eigenvalue weighted by atomic mass is 9.78. The Morgan fingerprint density at radius 2 is 1.78 bits per heavy atom. The van der Waals surface area contributed by atoms with Crippen molar-refractivity contribution in [3.05, 3.63) is 29.3 Å². The van der Waals surface area contributed by atoms with Crippen LogP contribution in [0.15, 0.2) is 18.2 Å². The van der Waals surface area contributed by atoms with Crippen molar-refractivity contribution < 1.29 is 23.7 Å². The molecule has 0 spiro atoms. The number of rotatable bonds is 2. The van der Waals surface area contributed by atoms with Gasteiger partial charge < -0.3 is 14.2 Å². The standard InChI is InChI=1S/C19H23BN2O5/c1-18(2)19(3,4)27-20(26-18)12-5-6-13-11(9-12)10-22(17(13)25)14-7-8-15(23)21-16(14)24/h5-6,9,14H,7-8,10H2,1-4H3,(H,21,23,24). The van der Waals surface area contributed by atoms with E-state index in [0.29, 0.717) is 18.5 Å². The summed E-state index contributed by atoms with van der Waals surface area (Å²) in [4.78, 5) is 37.8. The molecule has 142 valence electrons. The molecule has 1 aromatic carbocycles. The third kappa shape index (κ3) is 2.87. The molecule has 27 heavy (non-hydrogen) atoms. The van der Waals surface area contributed by atoms with Crippen molar-refractivity contribution in [2.24, 2.45) is 0 Å². The van der Waals surface area contributed by atoms with Gasteiger partial charge in [0, 0.05) is 18.5 Å². The lowest BCUT2D eigenvalue weighted by Crippen LogP contribution is -2.52. The van der Waals surface area contributed by atoms with Crippen LogP contribution in [0.5, 0.6) is 0 Å². The van der Waals surface area contributed by atoms with E-state index in [1.165, 1.54) is 0 Å². The zero-order chi connectivity index (χ0) is 19.6. The van der Waals surface area contributed by atoms with Crippen LogP contribution in [0.25, 0.3) is 0 Å². The molecule has 2 saturated heterocycles. The van der Waals surface area contributed by atoms with Gasteiger partial charge in [-0.1, -0.05) is 12.1 Å². The van der Waals surface area contributed by atoms with Crippen molar-refractivity contribution in [3.63, 3.8) is 0 Å². The van der Waals surface area contributed by atoms with Gasteiger partial charge in [-0.05, 0) is 51.2 Å². The molecular weight excluding hydrogens is 347 g/mol. The van der Waals surface area contributed by atoms with E-state index in [-0.39, 0.29) is 18.2 Å². The monoisotopic (exact) mass is 370 g/mol. The summed E-state index contributed by atoms with van der Waals surface area (Å²) in [6.45, 7) is 8.32. The highest BCUT2D eigenvalue weighted by atomic mass is 16.7. The molecular formula is C19H23BN2O5. The number of nitrogens with one attached hydrogen (secondary N) is 1. The average molecular weight is 370 g/mol. The molecule has 3 aliphatic rings. The van der Waals surface area contributed by atoms with Crippen LogP contribution >= 0.6 is 0 Å². The number of imide groups is 1. The highest BCUT2D eigenvalue weighted by Gasteiger charge is 2.52. The Bertz CT molecular complexity index is 835. The molecule has 0 saturated carbocycles. The summed E-state index contributed by atoms with van der Waals surface area (Å²) in [6.07, 6.45) is 0.601. The molecule has 8 heteroatoms. The topological polar surface area (TPSA) is 84.9 Å². The predicted octanol–water partition coefficient (Wildman–Crippen LogP) is 0.747. The molecule has 4 rings (SSSR count). The van der Waals surface area contributed by atoms with E-state index in [0.717, 1.165) is 11.0 Å². The molecule has 0 aromatic heterocycles. The van der Waals surface area contributed by atoms with Gasteiger partial charge in [0.1, 0.15) is 6.04 Å². The van der Waals surface area contributed by atoms with Gasteiger partial charge in [-0.2, -0.15) is 0 Å². The predicted molar refractivity (Wildman–Crippen MR) is 98.2 cm³/mol. The third-order valence-electron chi connectivity index (χ3n) is 6.07. The van der Waals surface area contributed by atoms with Crippen LogP contribution in [0.2, 0.25) is 0 Å².